The summed E-state index contributed by atoms with van der Waals surface area (Å²) in [6.07, 6.45) is 9.07. The fraction of sp³-hybridized carbons (Fsp3) is 0.917. The van der Waals surface area contributed by atoms with Crippen LogP contribution in [0.4, 0.5) is 0 Å². The minimum atomic E-state index is 0.412. The summed E-state index contributed by atoms with van der Waals surface area (Å²) in [6, 6.07) is 0. The van der Waals surface area contributed by atoms with Gasteiger partial charge in [0.2, 0.25) is 0 Å². The Morgan fingerprint density at radius 2 is 1.64 bits per heavy atom. The summed E-state index contributed by atoms with van der Waals surface area (Å²) in [7, 11) is 1.89. The standard InChI is InChI=1S/C12H25NO/c1-3-4-5-6-7-8-9-12(14)10-11-13-2/h13H,3-11H2,1-2H3. The summed E-state index contributed by atoms with van der Waals surface area (Å²) in [5, 5.41) is 3.00. The van der Waals surface area contributed by atoms with Crippen molar-refractivity contribution in [1.29, 1.82) is 0 Å². The van der Waals surface area contributed by atoms with Crippen LogP contribution >= 0.6 is 0 Å². The number of hydrogen-bond acceptors (Lipinski definition) is 2. The molecule has 0 atom stereocenters. The molecule has 84 valence electrons. The maximum atomic E-state index is 11.3. The van der Waals surface area contributed by atoms with Gasteiger partial charge in [-0.15, -0.1) is 0 Å². The van der Waals surface area contributed by atoms with Crippen LogP contribution in [0.3, 0.4) is 0 Å². The molecule has 0 radical (unpaired) electrons. The van der Waals surface area contributed by atoms with Crippen molar-refractivity contribution in [1.82, 2.24) is 5.32 Å². The van der Waals surface area contributed by atoms with Crippen LogP contribution in [-0.4, -0.2) is 19.4 Å². The molecule has 0 bridgehead atoms. The largest absolute Gasteiger partial charge is 0.319 e. The number of Topliss-reactive ketones (excluding diaryl/α,β-unsaturated/α-hetero) is 1. The Morgan fingerprint density at radius 3 is 2.29 bits per heavy atom. The van der Waals surface area contributed by atoms with E-state index in [2.05, 4.69) is 12.2 Å². The molecule has 0 aliphatic carbocycles. The molecule has 0 rings (SSSR count). The van der Waals surface area contributed by atoms with Crippen LogP contribution in [-0.2, 0) is 4.79 Å². The number of rotatable bonds is 10. The summed E-state index contributed by atoms with van der Waals surface area (Å²) >= 11 is 0. The number of nitrogens with one attached hydrogen (secondary N) is 1. The molecule has 1 N–H and O–H groups in total. The van der Waals surface area contributed by atoms with E-state index in [0.717, 1.165) is 19.4 Å². The van der Waals surface area contributed by atoms with Crippen molar-refractivity contribution in [3.05, 3.63) is 0 Å². The van der Waals surface area contributed by atoms with E-state index in [1.807, 2.05) is 7.05 Å². The Balaban J connectivity index is 3.07. The molecule has 0 fully saturated rings. The predicted molar refractivity (Wildman–Crippen MR) is 61.5 cm³/mol. The van der Waals surface area contributed by atoms with Crippen molar-refractivity contribution < 1.29 is 4.79 Å². The zero-order valence-electron chi connectivity index (χ0n) is 9.77. The minimum Gasteiger partial charge on any atom is -0.319 e. The Morgan fingerprint density at radius 1 is 1.00 bits per heavy atom. The lowest BCUT2D eigenvalue weighted by molar-refractivity contribution is -0.119. The summed E-state index contributed by atoms with van der Waals surface area (Å²) in [5.74, 6) is 0.412. The van der Waals surface area contributed by atoms with Gasteiger partial charge in [0.1, 0.15) is 5.78 Å². The topological polar surface area (TPSA) is 29.1 Å². The van der Waals surface area contributed by atoms with E-state index in [0.29, 0.717) is 12.2 Å². The number of hydrogen-bond donors (Lipinski definition) is 1. The molecule has 0 aliphatic heterocycles. The van der Waals surface area contributed by atoms with Gasteiger partial charge in [-0.2, -0.15) is 0 Å². The van der Waals surface area contributed by atoms with Gasteiger partial charge in [-0.25, -0.2) is 0 Å². The lowest BCUT2D eigenvalue weighted by atomic mass is 10.1. The molecule has 0 spiro atoms. The molecule has 0 amide bonds. The summed E-state index contributed by atoms with van der Waals surface area (Å²) in [6.45, 7) is 3.05. The van der Waals surface area contributed by atoms with Crippen molar-refractivity contribution in [3.8, 4) is 0 Å². The molecule has 14 heavy (non-hydrogen) atoms. The monoisotopic (exact) mass is 199 g/mol. The summed E-state index contributed by atoms with van der Waals surface area (Å²) < 4.78 is 0. The highest BCUT2D eigenvalue weighted by Crippen LogP contribution is 2.07. The first-order chi connectivity index (χ1) is 6.81. The second-order valence-corrected chi connectivity index (χ2v) is 3.91. The highest BCUT2D eigenvalue weighted by Gasteiger charge is 2.00. The fourth-order valence-electron chi connectivity index (χ4n) is 1.49. The lowest BCUT2D eigenvalue weighted by Gasteiger charge is -2.01. The maximum Gasteiger partial charge on any atom is 0.134 e. The molecule has 2 nitrogen and oxygen atoms in total. The molecule has 0 saturated heterocycles. The van der Waals surface area contributed by atoms with Gasteiger partial charge in [0.25, 0.3) is 0 Å². The quantitative estimate of drug-likeness (QED) is 0.548. The average molecular weight is 199 g/mol. The van der Waals surface area contributed by atoms with E-state index in [1.54, 1.807) is 0 Å². The van der Waals surface area contributed by atoms with E-state index < -0.39 is 0 Å². The number of ketones is 1. The second kappa shape index (κ2) is 10.7. The molecule has 0 aromatic carbocycles. The van der Waals surface area contributed by atoms with E-state index in [-0.39, 0.29) is 0 Å². The SMILES string of the molecule is CCCCCCCCC(=O)CCNC. The van der Waals surface area contributed by atoms with Gasteiger partial charge >= 0.3 is 0 Å². The highest BCUT2D eigenvalue weighted by atomic mass is 16.1. The number of carbonyl (C=O) groups excluding carboxylic acids is 1. The van der Waals surface area contributed by atoms with Crippen LogP contribution in [0.5, 0.6) is 0 Å². The van der Waals surface area contributed by atoms with Crippen molar-refractivity contribution in [2.75, 3.05) is 13.6 Å². The normalized spacial score (nSPS) is 10.4. The van der Waals surface area contributed by atoms with Crippen molar-refractivity contribution >= 4 is 5.78 Å². The number of carbonyl (C=O) groups is 1. The van der Waals surface area contributed by atoms with Crippen LogP contribution in [0, 0.1) is 0 Å². The van der Waals surface area contributed by atoms with Gasteiger partial charge < -0.3 is 5.32 Å². The highest BCUT2D eigenvalue weighted by molar-refractivity contribution is 5.78. The molecule has 2 heteroatoms. The van der Waals surface area contributed by atoms with Crippen LogP contribution in [0.2, 0.25) is 0 Å². The minimum absolute atomic E-state index is 0.412. The molecule has 0 heterocycles. The molecule has 0 aliphatic rings. The zero-order chi connectivity index (χ0) is 10.6. The third kappa shape index (κ3) is 9.72. The smallest absolute Gasteiger partial charge is 0.134 e. The van der Waals surface area contributed by atoms with Gasteiger partial charge in [0, 0.05) is 19.4 Å². The van der Waals surface area contributed by atoms with Crippen LogP contribution in [0.15, 0.2) is 0 Å². The summed E-state index contributed by atoms with van der Waals surface area (Å²) in [5.41, 5.74) is 0. The van der Waals surface area contributed by atoms with Crippen LogP contribution in [0.1, 0.15) is 58.3 Å². The van der Waals surface area contributed by atoms with E-state index in [1.165, 1.54) is 32.1 Å². The second-order valence-electron chi connectivity index (χ2n) is 3.91. The Kier molecular flexibility index (Phi) is 10.4. The van der Waals surface area contributed by atoms with E-state index >= 15 is 0 Å². The van der Waals surface area contributed by atoms with Crippen LogP contribution in [0.25, 0.3) is 0 Å². The number of unbranched alkanes of at least 4 members (excludes halogenated alkanes) is 5. The lowest BCUT2D eigenvalue weighted by Crippen LogP contribution is -2.12. The van der Waals surface area contributed by atoms with Gasteiger partial charge in [-0.3, -0.25) is 4.79 Å². The van der Waals surface area contributed by atoms with E-state index in [4.69, 9.17) is 0 Å². The Labute approximate surface area is 88.5 Å². The first kappa shape index (κ1) is 13.6. The van der Waals surface area contributed by atoms with E-state index in [9.17, 15) is 4.79 Å². The van der Waals surface area contributed by atoms with Gasteiger partial charge in [-0.1, -0.05) is 39.0 Å². The zero-order valence-corrected chi connectivity index (χ0v) is 9.77. The third-order valence-corrected chi connectivity index (χ3v) is 2.46. The van der Waals surface area contributed by atoms with Gasteiger partial charge in [-0.05, 0) is 13.5 Å². The molecule has 0 saturated carbocycles. The molecule has 0 aromatic heterocycles. The Bertz CT molecular complexity index is 134. The summed E-state index contributed by atoms with van der Waals surface area (Å²) in [4.78, 5) is 11.3. The first-order valence-electron chi connectivity index (χ1n) is 5.97. The molecular formula is C12H25NO. The van der Waals surface area contributed by atoms with Crippen molar-refractivity contribution in [3.63, 3.8) is 0 Å². The van der Waals surface area contributed by atoms with Gasteiger partial charge in [0.05, 0.1) is 0 Å². The first-order valence-corrected chi connectivity index (χ1v) is 5.97. The van der Waals surface area contributed by atoms with Gasteiger partial charge in [0.15, 0.2) is 0 Å². The van der Waals surface area contributed by atoms with Crippen molar-refractivity contribution in [2.24, 2.45) is 0 Å². The third-order valence-electron chi connectivity index (χ3n) is 2.46. The maximum absolute atomic E-state index is 11.3. The van der Waals surface area contributed by atoms with Crippen molar-refractivity contribution in [2.45, 2.75) is 58.3 Å². The fourth-order valence-corrected chi connectivity index (χ4v) is 1.49. The molecule has 0 aromatic rings. The molecule has 0 unspecified atom stereocenters. The predicted octanol–water partition coefficient (Wildman–Crippen LogP) is 2.92. The Hall–Kier alpha value is -0.370. The van der Waals surface area contributed by atoms with Crippen LogP contribution < -0.4 is 5.32 Å². The molecular weight excluding hydrogens is 174 g/mol. The average Bonchev–Trinajstić information content (AvgIpc) is 2.20.